The molecule has 2 aromatic rings. The van der Waals surface area contributed by atoms with E-state index in [0.29, 0.717) is 5.56 Å². The van der Waals surface area contributed by atoms with Crippen molar-refractivity contribution in [3.05, 3.63) is 59.9 Å². The van der Waals surface area contributed by atoms with Gasteiger partial charge in [-0.05, 0) is 142 Å². The summed E-state index contributed by atoms with van der Waals surface area (Å²) in [6.45, 7) is 18.3. The number of aromatic nitrogens is 1. The Morgan fingerprint density at radius 3 is 2.21 bits per heavy atom. The Hall–Kier alpha value is -3.14. The fraction of sp³-hybridized carbons (Fsp3) is 0.778. The van der Waals surface area contributed by atoms with E-state index >= 15 is 0 Å². The number of methoxy groups -OCH3 is 1. The van der Waals surface area contributed by atoms with E-state index in [9.17, 15) is 51.9 Å². The Morgan fingerprint density at radius 2 is 1.61 bits per heavy atom. The first-order chi connectivity index (χ1) is 35.9. The highest BCUT2D eigenvalue weighted by Crippen LogP contribution is 2.44. The maximum atomic E-state index is 14.7. The second kappa shape index (κ2) is 25.3. The molecule has 0 bridgehead atoms. The SMILES string of the molecule is CC[C@H]1OC(=O)[C@H](C)[C@@H](O[C@H]2C[C@@](C)(OC)[C@](O)(CN3CCCCC3)[C@H](C)O2)[C@H](C)[C@@H](O[C@@H]2O[C@H](C)C[C@H](N(Cc3cccnc3)S(=O)(=O)Nc3ccc(C(F)(F)F)cc3)[C@H]2O)[C@](C)(O)C[C@@H](C)CN[C@H](C)[C@@H](O)[C@]1(C)O. The number of ether oxygens (including phenoxy) is 6. The van der Waals surface area contributed by atoms with E-state index in [0.717, 1.165) is 60.9 Å². The van der Waals surface area contributed by atoms with Crippen LogP contribution in [0.5, 0.6) is 0 Å². The summed E-state index contributed by atoms with van der Waals surface area (Å²) < 4.78 is 112. The summed E-state index contributed by atoms with van der Waals surface area (Å²) in [4.78, 5) is 21.0. The van der Waals surface area contributed by atoms with Crippen LogP contribution in [0.3, 0.4) is 0 Å². The topological polar surface area (TPSA) is 251 Å². The monoisotopic (exact) mass is 1120 g/mol. The van der Waals surface area contributed by atoms with Gasteiger partial charge in [-0.15, -0.1) is 0 Å². The first-order valence-electron chi connectivity index (χ1n) is 27.1. The molecule has 4 fully saturated rings. The third-order valence-electron chi connectivity index (χ3n) is 16.6. The standard InChI is InChI=1S/C54H86F3N5O14S/c1-12-42-52(10,67)46(64)36(6)59-28-32(2)26-50(8,66)47(34(4)45(35(5)48(65)74-42)75-43-27-51(9,71-11)53(68,37(7)73-43)31-61-23-14-13-15-24-61)76-49-44(63)41(25-33(3)72-49)62(30-38-17-16-22-58-29-38)77(69,70)60-40-20-18-39(19-21-40)54(55,56)57/h16-22,29,32-37,41-47,49,59-60,63-64,66-68H,12-15,23-28,30-31H2,1-11H3/t32-,33-,34+,35-,36-,37+,41+,42-,43+,44-,45+,46-,47-,49+,50-,51-,52-,53+/m1/s1. The number of carbonyl (C=O) groups is 1. The number of nitrogens with one attached hydrogen (secondary N) is 2. The average molecular weight is 1120 g/mol. The largest absolute Gasteiger partial charge is 0.459 e. The number of halogens is 3. The molecule has 23 heteroatoms. The summed E-state index contributed by atoms with van der Waals surface area (Å²) in [7, 11) is -3.21. The van der Waals surface area contributed by atoms with Crippen molar-refractivity contribution in [1.29, 1.82) is 0 Å². The number of aliphatic hydroxyl groups is 5. The Labute approximate surface area is 452 Å². The third kappa shape index (κ3) is 14.7. The zero-order valence-corrected chi connectivity index (χ0v) is 47.3. The summed E-state index contributed by atoms with van der Waals surface area (Å²) in [5, 5.41) is 64.7. The van der Waals surface area contributed by atoms with Crippen LogP contribution in [0.15, 0.2) is 48.8 Å². The molecule has 438 valence electrons. The number of hydrogen-bond donors (Lipinski definition) is 7. The summed E-state index contributed by atoms with van der Waals surface area (Å²) >= 11 is 0. The summed E-state index contributed by atoms with van der Waals surface area (Å²) in [6.07, 6.45) is -10.3. The van der Waals surface area contributed by atoms with Gasteiger partial charge in [-0.1, -0.05) is 33.3 Å². The minimum atomic E-state index is -4.71. The van der Waals surface area contributed by atoms with Crippen molar-refractivity contribution in [2.45, 2.75) is 217 Å². The number of anilines is 1. The van der Waals surface area contributed by atoms with Crippen LogP contribution in [0.25, 0.3) is 0 Å². The molecule has 7 N–H and O–H groups in total. The van der Waals surface area contributed by atoms with Crippen molar-refractivity contribution < 1.29 is 80.3 Å². The van der Waals surface area contributed by atoms with Gasteiger partial charge in [0.15, 0.2) is 12.6 Å². The molecule has 18 atom stereocenters. The Balaban J connectivity index is 1.41. The molecule has 0 aliphatic carbocycles. The second-order valence-electron chi connectivity index (χ2n) is 23.0. The first kappa shape index (κ1) is 63.0. The van der Waals surface area contributed by atoms with Gasteiger partial charge in [-0.25, -0.2) is 0 Å². The number of piperidine rings is 1. The van der Waals surface area contributed by atoms with Gasteiger partial charge in [0, 0.05) is 56.7 Å². The molecule has 4 aliphatic heterocycles. The van der Waals surface area contributed by atoms with Crippen molar-refractivity contribution in [2.24, 2.45) is 17.8 Å². The number of nitrogens with zero attached hydrogens (tertiary/aromatic N) is 3. The van der Waals surface area contributed by atoms with E-state index in [1.807, 2.05) is 6.92 Å². The zero-order chi connectivity index (χ0) is 57.1. The van der Waals surface area contributed by atoms with Crippen LogP contribution >= 0.6 is 0 Å². The Morgan fingerprint density at radius 1 is 0.948 bits per heavy atom. The van der Waals surface area contributed by atoms with Crippen LogP contribution < -0.4 is 10.0 Å². The van der Waals surface area contributed by atoms with E-state index in [1.165, 1.54) is 33.4 Å². The van der Waals surface area contributed by atoms with Crippen LogP contribution in [-0.4, -0.2) is 177 Å². The first-order valence-corrected chi connectivity index (χ1v) is 28.5. The molecule has 0 radical (unpaired) electrons. The number of rotatable bonds is 14. The molecule has 1 aromatic carbocycles. The predicted octanol–water partition coefficient (Wildman–Crippen LogP) is 5.13. The van der Waals surface area contributed by atoms with E-state index in [1.54, 1.807) is 60.6 Å². The number of benzene rings is 1. The number of alkyl halides is 3. The summed E-state index contributed by atoms with van der Waals surface area (Å²) in [5.41, 5.74) is -7.32. The molecule has 0 saturated carbocycles. The van der Waals surface area contributed by atoms with E-state index in [4.69, 9.17) is 28.4 Å². The maximum Gasteiger partial charge on any atom is 0.416 e. The molecule has 0 unspecified atom stereocenters. The molecule has 19 nitrogen and oxygen atoms in total. The fourth-order valence-corrected chi connectivity index (χ4v) is 13.4. The lowest BCUT2D eigenvalue weighted by Crippen LogP contribution is -2.70. The maximum absolute atomic E-state index is 14.7. The number of β-amino-alcohol motifs (C(OH)–C–C–N with tert-alkyl or cyclic N) is 1. The third-order valence-corrected chi connectivity index (χ3v) is 18.2. The number of carbonyl (C=O) groups excluding carboxylic acids is 1. The van der Waals surface area contributed by atoms with Crippen LogP contribution in [0, 0.1) is 17.8 Å². The number of esters is 1. The molecule has 77 heavy (non-hydrogen) atoms. The number of likely N-dealkylation sites (tertiary alicyclic amines) is 1. The number of aliphatic hydroxyl groups excluding tert-OH is 2. The highest BCUT2D eigenvalue weighted by Gasteiger charge is 2.59. The predicted molar refractivity (Wildman–Crippen MR) is 279 cm³/mol. The molecule has 0 amide bonds. The normalized spacial score (nSPS) is 39.8. The van der Waals surface area contributed by atoms with E-state index in [2.05, 4.69) is 19.9 Å². The fourth-order valence-electron chi connectivity index (χ4n) is 11.9. The van der Waals surface area contributed by atoms with Gasteiger partial charge in [-0.3, -0.25) is 14.5 Å². The van der Waals surface area contributed by atoms with Gasteiger partial charge in [0.05, 0.1) is 47.5 Å². The van der Waals surface area contributed by atoms with Gasteiger partial charge >= 0.3 is 22.4 Å². The minimum absolute atomic E-state index is 0.0000541. The lowest BCUT2D eigenvalue weighted by Gasteiger charge is -2.55. The highest BCUT2D eigenvalue weighted by atomic mass is 32.2. The van der Waals surface area contributed by atoms with Gasteiger partial charge in [0.25, 0.3) is 0 Å². The van der Waals surface area contributed by atoms with E-state index in [-0.39, 0.29) is 56.9 Å². The van der Waals surface area contributed by atoms with Crippen molar-refractivity contribution >= 4 is 21.9 Å². The van der Waals surface area contributed by atoms with Gasteiger partial charge in [0.2, 0.25) is 0 Å². The molecular formula is C54H86F3N5O14S. The van der Waals surface area contributed by atoms with Crippen LogP contribution in [-0.2, 0) is 56.1 Å². The molecular weight excluding hydrogens is 1030 g/mol. The van der Waals surface area contributed by atoms with Gasteiger partial charge in [0.1, 0.15) is 35.1 Å². The van der Waals surface area contributed by atoms with Crippen LogP contribution in [0.1, 0.15) is 125 Å². The lowest BCUT2D eigenvalue weighted by molar-refractivity contribution is -0.339. The van der Waals surface area contributed by atoms with E-state index < -0.39 is 130 Å². The molecule has 4 saturated heterocycles. The van der Waals surface area contributed by atoms with Crippen LogP contribution in [0.4, 0.5) is 18.9 Å². The Kier molecular flexibility index (Phi) is 20.7. The molecule has 4 aliphatic rings. The quantitative estimate of drug-likeness (QED) is 0.121. The number of cyclic esters (lactones) is 1. The highest BCUT2D eigenvalue weighted by molar-refractivity contribution is 7.90. The zero-order valence-electron chi connectivity index (χ0n) is 46.5. The molecule has 5 heterocycles. The van der Waals surface area contributed by atoms with Crippen LogP contribution in [0.2, 0.25) is 0 Å². The number of pyridine rings is 1. The second-order valence-corrected chi connectivity index (χ2v) is 24.6. The van der Waals surface area contributed by atoms with Crippen molar-refractivity contribution in [3.8, 4) is 0 Å². The summed E-state index contributed by atoms with van der Waals surface area (Å²) in [6, 6.07) is 4.64. The molecule has 6 rings (SSSR count). The Bertz CT molecular complexity index is 2320. The average Bonchev–Trinajstić information content (AvgIpc) is 3.36. The van der Waals surface area contributed by atoms with Gasteiger partial charge in [-0.2, -0.15) is 25.9 Å². The van der Waals surface area contributed by atoms with Crippen molar-refractivity contribution in [3.63, 3.8) is 0 Å². The van der Waals surface area contributed by atoms with Crippen molar-refractivity contribution in [1.82, 2.24) is 19.5 Å². The number of hydrogen-bond acceptors (Lipinski definition) is 17. The molecule has 1 aromatic heterocycles. The summed E-state index contributed by atoms with van der Waals surface area (Å²) in [5.74, 6) is -3.47. The molecule has 0 spiro atoms. The lowest BCUT2D eigenvalue weighted by atomic mass is 9.74. The minimum Gasteiger partial charge on any atom is -0.459 e. The van der Waals surface area contributed by atoms with Gasteiger partial charge < -0.3 is 64.2 Å². The smallest absolute Gasteiger partial charge is 0.416 e. The van der Waals surface area contributed by atoms with Crippen molar-refractivity contribution in [2.75, 3.05) is 38.0 Å².